The Morgan fingerprint density at radius 1 is 0.955 bits per heavy atom. The minimum atomic E-state index is 0.858. The molecule has 1 fully saturated rings. The van der Waals surface area contributed by atoms with Crippen LogP contribution in [0.5, 0.6) is 5.75 Å². The van der Waals surface area contributed by atoms with E-state index in [0.29, 0.717) is 0 Å². The summed E-state index contributed by atoms with van der Waals surface area (Å²) in [5, 5.41) is 0. The fourth-order valence-corrected chi connectivity index (χ4v) is 3.49. The van der Waals surface area contributed by atoms with Crippen LogP contribution in [0, 0.1) is 5.92 Å². The molecule has 0 bridgehead atoms. The molecule has 0 spiro atoms. The second-order valence-corrected chi connectivity index (χ2v) is 6.41. The van der Waals surface area contributed by atoms with Gasteiger partial charge in [0.05, 0.1) is 20.2 Å². The molecule has 22 heavy (non-hydrogen) atoms. The van der Waals surface area contributed by atoms with Crippen LogP contribution in [-0.2, 0) is 13.0 Å². The van der Waals surface area contributed by atoms with Crippen molar-refractivity contribution >= 4 is 0 Å². The molecule has 1 saturated heterocycles. The number of benzene rings is 2. The molecule has 0 aliphatic carbocycles. The van der Waals surface area contributed by atoms with Gasteiger partial charge in [-0.3, -0.25) is 0 Å². The Labute approximate surface area is 133 Å². The summed E-state index contributed by atoms with van der Waals surface area (Å²) in [6, 6.07) is 19.4. The van der Waals surface area contributed by atoms with E-state index < -0.39 is 0 Å². The zero-order valence-electron chi connectivity index (χ0n) is 13.4. The van der Waals surface area contributed by atoms with Gasteiger partial charge in [0.25, 0.3) is 0 Å². The van der Waals surface area contributed by atoms with Crippen molar-refractivity contribution in [3.05, 3.63) is 65.7 Å². The molecule has 1 aliphatic rings. The lowest BCUT2D eigenvalue weighted by atomic mass is 9.90. The van der Waals surface area contributed by atoms with Gasteiger partial charge in [0.2, 0.25) is 0 Å². The van der Waals surface area contributed by atoms with Crippen LogP contribution in [0.25, 0.3) is 0 Å². The topological polar surface area (TPSA) is 13.7 Å². The van der Waals surface area contributed by atoms with Crippen LogP contribution in [0.2, 0.25) is 0 Å². The maximum absolute atomic E-state index is 5.32. The molecule has 0 saturated carbocycles. The quantitative estimate of drug-likeness (QED) is 0.896. The van der Waals surface area contributed by atoms with Crippen LogP contribution >= 0.6 is 0 Å². The molecule has 1 heterocycles. The van der Waals surface area contributed by atoms with E-state index in [9.17, 15) is 0 Å². The molecule has 0 aromatic heterocycles. The first-order valence-corrected chi connectivity index (χ1v) is 8.34. The van der Waals surface area contributed by atoms with E-state index in [1.165, 1.54) is 43.5 Å². The van der Waals surface area contributed by atoms with Crippen molar-refractivity contribution < 1.29 is 9.64 Å². The third-order valence-electron chi connectivity index (χ3n) is 4.77. The molecular weight excluding hydrogens is 270 g/mol. The number of quaternary nitrogens is 1. The zero-order chi connectivity index (χ0) is 15.2. The smallest absolute Gasteiger partial charge is 0.119 e. The summed E-state index contributed by atoms with van der Waals surface area (Å²) in [4.78, 5) is 1.71. The molecule has 1 N–H and O–H groups in total. The van der Waals surface area contributed by atoms with Gasteiger partial charge in [-0.1, -0.05) is 42.5 Å². The van der Waals surface area contributed by atoms with E-state index in [-0.39, 0.29) is 0 Å². The van der Waals surface area contributed by atoms with E-state index in [1.807, 2.05) is 6.07 Å². The standard InChI is InChI=1S/C20H25NO/c1-22-20-9-5-8-19(15-20)16-21-12-10-18(11-13-21)14-17-6-3-2-4-7-17/h2-9,15,18H,10-14,16H2,1H3/p+1. The first-order valence-electron chi connectivity index (χ1n) is 8.34. The summed E-state index contributed by atoms with van der Waals surface area (Å²) >= 11 is 0. The van der Waals surface area contributed by atoms with Crippen LogP contribution in [-0.4, -0.2) is 20.2 Å². The predicted octanol–water partition coefficient (Wildman–Crippen LogP) is 2.73. The SMILES string of the molecule is COc1cccc(C[NH+]2CCC(Cc3ccccc3)CC2)c1. The number of likely N-dealkylation sites (tertiary alicyclic amines) is 1. The average molecular weight is 296 g/mol. The maximum Gasteiger partial charge on any atom is 0.119 e. The predicted molar refractivity (Wildman–Crippen MR) is 90.3 cm³/mol. The molecule has 0 radical (unpaired) electrons. The molecule has 2 aromatic carbocycles. The molecule has 3 rings (SSSR count). The van der Waals surface area contributed by atoms with Crippen LogP contribution in [0.1, 0.15) is 24.0 Å². The van der Waals surface area contributed by atoms with Crippen LogP contribution in [0.15, 0.2) is 54.6 Å². The Morgan fingerprint density at radius 2 is 1.68 bits per heavy atom. The lowest BCUT2D eigenvalue weighted by Crippen LogP contribution is -3.11. The van der Waals surface area contributed by atoms with E-state index in [1.54, 1.807) is 12.0 Å². The normalized spacial score (nSPS) is 21.5. The molecule has 1 aliphatic heterocycles. The molecule has 116 valence electrons. The second-order valence-electron chi connectivity index (χ2n) is 6.41. The highest BCUT2D eigenvalue weighted by molar-refractivity contribution is 5.27. The van der Waals surface area contributed by atoms with Gasteiger partial charge in [-0.25, -0.2) is 0 Å². The third-order valence-corrected chi connectivity index (χ3v) is 4.77. The van der Waals surface area contributed by atoms with Gasteiger partial charge < -0.3 is 9.64 Å². The van der Waals surface area contributed by atoms with Gasteiger partial charge in [-0.05, 0) is 42.9 Å². The van der Waals surface area contributed by atoms with Crippen molar-refractivity contribution in [1.29, 1.82) is 0 Å². The maximum atomic E-state index is 5.32. The van der Waals surface area contributed by atoms with E-state index in [2.05, 4.69) is 48.5 Å². The van der Waals surface area contributed by atoms with E-state index in [4.69, 9.17) is 4.74 Å². The van der Waals surface area contributed by atoms with Crippen LogP contribution < -0.4 is 9.64 Å². The lowest BCUT2D eigenvalue weighted by Gasteiger charge is -2.29. The minimum Gasteiger partial charge on any atom is -0.497 e. The largest absolute Gasteiger partial charge is 0.497 e. The Bertz CT molecular complexity index is 573. The Balaban J connectivity index is 1.49. The van der Waals surface area contributed by atoms with Gasteiger partial charge >= 0.3 is 0 Å². The second kappa shape index (κ2) is 7.46. The van der Waals surface area contributed by atoms with Crippen molar-refractivity contribution in [3.63, 3.8) is 0 Å². The lowest BCUT2D eigenvalue weighted by molar-refractivity contribution is -0.919. The van der Waals surface area contributed by atoms with Crippen molar-refractivity contribution in [1.82, 2.24) is 0 Å². The van der Waals surface area contributed by atoms with E-state index >= 15 is 0 Å². The number of ether oxygens (including phenoxy) is 1. The van der Waals surface area contributed by atoms with Crippen LogP contribution in [0.4, 0.5) is 0 Å². The van der Waals surface area contributed by atoms with Crippen molar-refractivity contribution in [3.8, 4) is 5.75 Å². The Kier molecular flexibility index (Phi) is 5.12. The van der Waals surface area contributed by atoms with E-state index in [0.717, 1.165) is 18.2 Å². The van der Waals surface area contributed by atoms with Gasteiger partial charge in [-0.15, -0.1) is 0 Å². The molecule has 2 nitrogen and oxygen atoms in total. The van der Waals surface area contributed by atoms with Gasteiger partial charge in [0.15, 0.2) is 0 Å². The molecule has 0 unspecified atom stereocenters. The number of hydrogen-bond donors (Lipinski definition) is 1. The third kappa shape index (κ3) is 4.11. The fraction of sp³-hybridized carbons (Fsp3) is 0.400. The minimum absolute atomic E-state index is 0.858. The molecule has 0 amide bonds. The summed E-state index contributed by atoms with van der Waals surface area (Å²) in [7, 11) is 1.74. The molecule has 0 atom stereocenters. The molecule has 2 heteroatoms. The highest BCUT2D eigenvalue weighted by atomic mass is 16.5. The Hall–Kier alpha value is -1.80. The first kappa shape index (κ1) is 15.1. The highest BCUT2D eigenvalue weighted by Crippen LogP contribution is 2.17. The number of hydrogen-bond acceptors (Lipinski definition) is 1. The summed E-state index contributed by atoms with van der Waals surface area (Å²) in [5.74, 6) is 1.83. The number of methoxy groups -OCH3 is 1. The van der Waals surface area contributed by atoms with Crippen molar-refractivity contribution in [2.75, 3.05) is 20.2 Å². The van der Waals surface area contributed by atoms with Crippen LogP contribution in [0.3, 0.4) is 0 Å². The molecule has 2 aromatic rings. The summed E-state index contributed by atoms with van der Waals surface area (Å²) < 4.78 is 5.32. The van der Waals surface area contributed by atoms with Gasteiger partial charge in [0.1, 0.15) is 12.3 Å². The molecular formula is C20H26NO+. The summed E-state index contributed by atoms with van der Waals surface area (Å²) in [6.07, 6.45) is 3.93. The highest BCUT2D eigenvalue weighted by Gasteiger charge is 2.22. The fourth-order valence-electron chi connectivity index (χ4n) is 3.49. The summed E-state index contributed by atoms with van der Waals surface area (Å²) in [5.41, 5.74) is 2.87. The monoisotopic (exact) mass is 296 g/mol. The van der Waals surface area contributed by atoms with Gasteiger partial charge in [-0.2, -0.15) is 0 Å². The van der Waals surface area contributed by atoms with Crippen molar-refractivity contribution in [2.24, 2.45) is 5.92 Å². The number of rotatable bonds is 5. The first-order chi connectivity index (χ1) is 10.8. The Morgan fingerprint density at radius 3 is 2.41 bits per heavy atom. The average Bonchev–Trinajstić information content (AvgIpc) is 2.58. The zero-order valence-corrected chi connectivity index (χ0v) is 13.4. The number of nitrogens with one attached hydrogen (secondary N) is 1. The number of piperidine rings is 1. The van der Waals surface area contributed by atoms with Gasteiger partial charge in [0, 0.05) is 5.56 Å². The summed E-state index contributed by atoms with van der Waals surface area (Å²) in [6.45, 7) is 3.69. The van der Waals surface area contributed by atoms with Crippen molar-refractivity contribution in [2.45, 2.75) is 25.8 Å².